The van der Waals surface area contributed by atoms with E-state index >= 15 is 0 Å². The highest BCUT2D eigenvalue weighted by Crippen LogP contribution is 2.11. The maximum Gasteiger partial charge on any atom is 0.193 e. The second-order valence-electron chi connectivity index (χ2n) is 4.68. The fourth-order valence-electron chi connectivity index (χ4n) is 1.93. The molecule has 21 heavy (non-hydrogen) atoms. The predicted molar refractivity (Wildman–Crippen MR) is 98.5 cm³/mol. The van der Waals surface area contributed by atoms with Gasteiger partial charge in [-0.2, -0.15) is 0 Å². The zero-order valence-corrected chi connectivity index (χ0v) is 14.2. The highest BCUT2D eigenvalue weighted by molar-refractivity contribution is 14.0. The van der Waals surface area contributed by atoms with Gasteiger partial charge in [-0.05, 0) is 48.7 Å². The van der Waals surface area contributed by atoms with Crippen LogP contribution in [0, 0.1) is 6.92 Å². The van der Waals surface area contributed by atoms with Crippen molar-refractivity contribution in [1.29, 1.82) is 0 Å². The maximum atomic E-state index is 9.37. The molecule has 0 heterocycles. The van der Waals surface area contributed by atoms with E-state index in [1.165, 1.54) is 5.56 Å². The summed E-state index contributed by atoms with van der Waals surface area (Å²) >= 11 is 0. The zero-order chi connectivity index (χ0) is 14.4. The van der Waals surface area contributed by atoms with Crippen molar-refractivity contribution in [1.82, 2.24) is 0 Å². The molecule has 0 aromatic heterocycles. The number of nitrogens with two attached hydrogens (primary N) is 1. The standard InChI is InChI=1S/C16H19N3O.HI/c1-12-4-2-6-14(10-12)19-16(17)18-9-8-13-5-3-7-15(20)11-13;/h2-7,10-11,20H,8-9H2,1H3,(H3,17,18,19);1H. The van der Waals surface area contributed by atoms with Gasteiger partial charge in [0.15, 0.2) is 5.96 Å². The molecule has 2 aromatic carbocycles. The molecule has 0 spiro atoms. The number of hydrogen-bond acceptors (Lipinski definition) is 2. The summed E-state index contributed by atoms with van der Waals surface area (Å²) in [6.07, 6.45) is 0.741. The Balaban J connectivity index is 0.00000220. The molecular weight excluding hydrogens is 377 g/mol. The first-order valence-corrected chi connectivity index (χ1v) is 6.55. The molecule has 0 aliphatic rings. The first kappa shape index (κ1) is 17.3. The van der Waals surface area contributed by atoms with E-state index in [9.17, 15) is 5.11 Å². The van der Waals surface area contributed by atoms with E-state index in [0.29, 0.717) is 12.5 Å². The third-order valence-corrected chi connectivity index (χ3v) is 2.88. The molecule has 0 amide bonds. The highest BCUT2D eigenvalue weighted by atomic mass is 127. The van der Waals surface area contributed by atoms with Crippen molar-refractivity contribution in [3.8, 4) is 5.75 Å². The van der Waals surface area contributed by atoms with E-state index in [1.54, 1.807) is 12.1 Å². The largest absolute Gasteiger partial charge is 0.508 e. The molecular formula is C16H20IN3O. The summed E-state index contributed by atoms with van der Waals surface area (Å²) < 4.78 is 0. The van der Waals surface area contributed by atoms with E-state index in [1.807, 2.05) is 43.3 Å². The molecule has 0 radical (unpaired) electrons. The number of aliphatic imine (C=N–C) groups is 1. The topological polar surface area (TPSA) is 70.6 Å². The van der Waals surface area contributed by atoms with Crippen LogP contribution in [0.5, 0.6) is 5.75 Å². The van der Waals surface area contributed by atoms with Crippen LogP contribution in [0.3, 0.4) is 0 Å². The molecule has 0 saturated carbocycles. The molecule has 4 nitrogen and oxygen atoms in total. The first-order chi connectivity index (χ1) is 9.63. The maximum absolute atomic E-state index is 9.37. The smallest absolute Gasteiger partial charge is 0.193 e. The fourth-order valence-corrected chi connectivity index (χ4v) is 1.93. The van der Waals surface area contributed by atoms with Crippen molar-refractivity contribution >= 4 is 35.6 Å². The van der Waals surface area contributed by atoms with Gasteiger partial charge >= 0.3 is 0 Å². The SMILES string of the molecule is Cc1cccc(NC(N)=NCCc2cccc(O)c2)c1.I. The molecule has 0 aliphatic heterocycles. The second-order valence-corrected chi connectivity index (χ2v) is 4.68. The number of halogens is 1. The molecule has 5 heteroatoms. The number of nitrogens with zero attached hydrogens (tertiary/aromatic N) is 1. The van der Waals surface area contributed by atoms with Crippen molar-refractivity contribution in [3.05, 3.63) is 59.7 Å². The average Bonchev–Trinajstić information content (AvgIpc) is 2.38. The number of rotatable bonds is 4. The first-order valence-electron chi connectivity index (χ1n) is 6.55. The highest BCUT2D eigenvalue weighted by Gasteiger charge is 1.97. The van der Waals surface area contributed by atoms with Crippen LogP contribution in [0.2, 0.25) is 0 Å². The van der Waals surface area contributed by atoms with Crippen LogP contribution >= 0.6 is 24.0 Å². The van der Waals surface area contributed by atoms with Crippen LogP contribution in [-0.2, 0) is 6.42 Å². The minimum atomic E-state index is 0. The van der Waals surface area contributed by atoms with Crippen LogP contribution in [0.4, 0.5) is 5.69 Å². The molecule has 0 aliphatic carbocycles. The predicted octanol–water partition coefficient (Wildman–Crippen LogP) is 3.29. The third kappa shape index (κ3) is 6.03. The molecule has 0 atom stereocenters. The summed E-state index contributed by atoms with van der Waals surface area (Å²) in [5.41, 5.74) is 8.98. The van der Waals surface area contributed by atoms with Crippen LogP contribution in [-0.4, -0.2) is 17.6 Å². The third-order valence-electron chi connectivity index (χ3n) is 2.88. The molecule has 2 rings (SSSR count). The summed E-state index contributed by atoms with van der Waals surface area (Å²) in [6, 6.07) is 15.1. The number of guanidine groups is 1. The van der Waals surface area contributed by atoms with Crippen molar-refractivity contribution in [3.63, 3.8) is 0 Å². The van der Waals surface area contributed by atoms with Crippen LogP contribution in [0.25, 0.3) is 0 Å². The van der Waals surface area contributed by atoms with E-state index in [-0.39, 0.29) is 29.7 Å². The van der Waals surface area contributed by atoms with Gasteiger partial charge in [0.2, 0.25) is 0 Å². The van der Waals surface area contributed by atoms with Gasteiger partial charge in [0.1, 0.15) is 5.75 Å². The fraction of sp³-hybridized carbons (Fsp3) is 0.188. The van der Waals surface area contributed by atoms with Gasteiger partial charge in [-0.15, -0.1) is 24.0 Å². The lowest BCUT2D eigenvalue weighted by molar-refractivity contribution is 0.474. The summed E-state index contributed by atoms with van der Waals surface area (Å²) in [4.78, 5) is 4.28. The Bertz CT molecular complexity index is 614. The lowest BCUT2D eigenvalue weighted by Crippen LogP contribution is -2.23. The Morgan fingerprint density at radius 1 is 1.19 bits per heavy atom. The minimum absolute atomic E-state index is 0. The number of phenolic OH excluding ortho intramolecular Hbond substituents is 1. The van der Waals surface area contributed by atoms with Crippen molar-refractivity contribution in [2.24, 2.45) is 10.7 Å². The quantitative estimate of drug-likeness (QED) is 0.421. The number of nitrogens with one attached hydrogen (secondary N) is 1. The Hall–Kier alpha value is -1.76. The van der Waals surface area contributed by atoms with Gasteiger partial charge in [-0.3, -0.25) is 4.99 Å². The molecule has 112 valence electrons. The molecule has 0 unspecified atom stereocenters. The normalized spacial score (nSPS) is 10.8. The van der Waals surface area contributed by atoms with E-state index in [2.05, 4.69) is 10.3 Å². The molecule has 2 aromatic rings. The second kappa shape index (κ2) is 8.51. The molecule has 0 fully saturated rings. The number of anilines is 1. The van der Waals surface area contributed by atoms with Gasteiger partial charge in [0, 0.05) is 12.2 Å². The number of aryl methyl sites for hydroxylation is 1. The van der Waals surface area contributed by atoms with Gasteiger partial charge in [0.25, 0.3) is 0 Å². The van der Waals surface area contributed by atoms with E-state index < -0.39 is 0 Å². The Morgan fingerprint density at radius 2 is 1.95 bits per heavy atom. The monoisotopic (exact) mass is 397 g/mol. The Morgan fingerprint density at radius 3 is 2.67 bits per heavy atom. The number of benzene rings is 2. The lowest BCUT2D eigenvalue weighted by atomic mass is 10.1. The molecule has 4 N–H and O–H groups in total. The number of phenols is 1. The van der Waals surface area contributed by atoms with Gasteiger partial charge in [-0.1, -0.05) is 24.3 Å². The van der Waals surface area contributed by atoms with Crippen LogP contribution < -0.4 is 11.1 Å². The lowest BCUT2D eigenvalue weighted by Gasteiger charge is -2.06. The van der Waals surface area contributed by atoms with E-state index in [4.69, 9.17) is 5.73 Å². The van der Waals surface area contributed by atoms with Crippen molar-refractivity contribution in [2.45, 2.75) is 13.3 Å². The van der Waals surface area contributed by atoms with Crippen molar-refractivity contribution in [2.75, 3.05) is 11.9 Å². The van der Waals surface area contributed by atoms with Crippen LogP contribution in [0.15, 0.2) is 53.5 Å². The van der Waals surface area contributed by atoms with Gasteiger partial charge in [0.05, 0.1) is 0 Å². The summed E-state index contributed by atoms with van der Waals surface area (Å²) in [7, 11) is 0. The minimum Gasteiger partial charge on any atom is -0.508 e. The van der Waals surface area contributed by atoms with Crippen molar-refractivity contribution < 1.29 is 5.11 Å². The number of hydrogen-bond donors (Lipinski definition) is 3. The Kier molecular flexibility index (Phi) is 7.01. The average molecular weight is 397 g/mol. The van der Waals surface area contributed by atoms with Gasteiger partial charge < -0.3 is 16.2 Å². The summed E-state index contributed by atoms with van der Waals surface area (Å²) in [5, 5.41) is 12.4. The number of aromatic hydroxyl groups is 1. The zero-order valence-electron chi connectivity index (χ0n) is 11.9. The van der Waals surface area contributed by atoms with Crippen LogP contribution in [0.1, 0.15) is 11.1 Å². The molecule has 0 bridgehead atoms. The summed E-state index contributed by atoms with van der Waals surface area (Å²) in [5.74, 6) is 0.674. The molecule has 0 saturated heterocycles. The van der Waals surface area contributed by atoms with E-state index in [0.717, 1.165) is 17.7 Å². The Labute approximate surface area is 142 Å². The summed E-state index contributed by atoms with van der Waals surface area (Å²) in [6.45, 7) is 2.61. The van der Waals surface area contributed by atoms with Gasteiger partial charge in [-0.25, -0.2) is 0 Å².